The van der Waals surface area contributed by atoms with Crippen molar-refractivity contribution in [3.63, 3.8) is 0 Å². The third kappa shape index (κ3) is 5.81. The van der Waals surface area contributed by atoms with Crippen LogP contribution in [-0.4, -0.2) is 44.8 Å². The first-order valence-corrected chi connectivity index (χ1v) is 15.7. The van der Waals surface area contributed by atoms with Gasteiger partial charge in [0.25, 0.3) is 0 Å². The van der Waals surface area contributed by atoms with Crippen molar-refractivity contribution < 1.29 is 24.9 Å². The molecule has 0 bridgehead atoms. The number of amides is 2. The average Bonchev–Trinajstić information content (AvgIpc) is 3.32. The summed E-state index contributed by atoms with van der Waals surface area (Å²) in [5, 5.41) is 34.6. The Labute approximate surface area is 263 Å². The molecule has 2 amide bonds. The predicted molar refractivity (Wildman–Crippen MR) is 176 cm³/mol. The van der Waals surface area contributed by atoms with Gasteiger partial charge in [-0.2, -0.15) is 0 Å². The van der Waals surface area contributed by atoms with Crippen LogP contribution < -0.4 is 4.90 Å². The van der Waals surface area contributed by atoms with Crippen LogP contribution in [0, 0.1) is 17.8 Å². The Kier molecular flexibility index (Phi) is 8.92. The Hall–Kier alpha value is -4.59. The molecular formula is C38H38N2O5. The smallest absolute Gasteiger partial charge is 0.238 e. The van der Waals surface area contributed by atoms with E-state index in [1.807, 2.05) is 54.6 Å². The van der Waals surface area contributed by atoms with Gasteiger partial charge in [0.1, 0.15) is 5.75 Å². The molecule has 0 unspecified atom stereocenters. The molecule has 0 radical (unpaired) electrons. The van der Waals surface area contributed by atoms with Gasteiger partial charge in [-0.25, -0.2) is 0 Å². The molecule has 6 rings (SSSR count). The lowest BCUT2D eigenvalue weighted by Gasteiger charge is -2.36. The summed E-state index contributed by atoms with van der Waals surface area (Å²) in [7, 11) is 0. The second kappa shape index (κ2) is 13.2. The number of hydrogen-bond donors (Lipinski definition) is 3. The number of anilines is 1. The SMILES string of the molecule is CCCC1=C([C@H](O)CC/C(=C/c2ccc(O)c3ccccc23)c2ccccn2)[C@H](CO)[C@@H]2C(=O)N(c3ccccc3)C(=O)[C@@H]2C1. The van der Waals surface area contributed by atoms with E-state index in [0.717, 1.165) is 39.6 Å². The number of phenols is 1. The van der Waals surface area contributed by atoms with Gasteiger partial charge in [0.05, 0.1) is 35.9 Å². The molecule has 4 atom stereocenters. The van der Waals surface area contributed by atoms with Gasteiger partial charge in [-0.05, 0) is 84.2 Å². The highest BCUT2D eigenvalue weighted by Crippen LogP contribution is 2.48. The van der Waals surface area contributed by atoms with Crippen LogP contribution in [0.5, 0.6) is 5.75 Å². The van der Waals surface area contributed by atoms with Crippen molar-refractivity contribution in [3.8, 4) is 5.75 Å². The molecule has 2 aliphatic rings. The zero-order valence-corrected chi connectivity index (χ0v) is 25.3. The topological polar surface area (TPSA) is 111 Å². The van der Waals surface area contributed by atoms with Crippen LogP contribution in [0.1, 0.15) is 50.3 Å². The van der Waals surface area contributed by atoms with Crippen molar-refractivity contribution in [2.45, 2.75) is 45.1 Å². The molecule has 1 aliphatic carbocycles. The lowest BCUT2D eigenvalue weighted by Crippen LogP contribution is -2.39. The highest BCUT2D eigenvalue weighted by Gasteiger charge is 2.55. The van der Waals surface area contributed by atoms with Gasteiger partial charge in [0.2, 0.25) is 11.8 Å². The number of rotatable bonds is 10. The minimum absolute atomic E-state index is 0.212. The molecule has 7 heteroatoms. The zero-order chi connectivity index (χ0) is 31.5. The van der Waals surface area contributed by atoms with E-state index in [0.29, 0.717) is 36.9 Å². The number of hydrogen-bond acceptors (Lipinski definition) is 6. The third-order valence-corrected chi connectivity index (χ3v) is 9.25. The van der Waals surface area contributed by atoms with E-state index in [1.54, 1.807) is 36.5 Å². The first-order valence-electron chi connectivity index (χ1n) is 15.7. The number of imide groups is 1. The lowest BCUT2D eigenvalue weighted by atomic mass is 9.67. The van der Waals surface area contributed by atoms with Crippen molar-refractivity contribution in [1.29, 1.82) is 0 Å². The molecule has 4 aromatic rings. The van der Waals surface area contributed by atoms with Gasteiger partial charge < -0.3 is 15.3 Å². The van der Waals surface area contributed by atoms with Crippen LogP contribution in [0.15, 0.2) is 102 Å². The van der Waals surface area contributed by atoms with Crippen molar-refractivity contribution in [2.24, 2.45) is 17.8 Å². The standard InChI is InChI=1S/C38H38N2O5/c1-2-10-26-22-30-36(38(45)40(37(30)44)27-11-4-3-5-12-27)31(23-41)35(26)34(43)19-17-25(32-15-8-9-20-39-32)21-24-16-18-33(42)29-14-7-6-13-28(24)29/h3-9,11-16,18,20-21,30-31,34,36,41-43H,2,10,17,19,22-23H2,1H3/b25-21-/t30-,31+,34-,36-/m1/s1. The van der Waals surface area contributed by atoms with Gasteiger partial charge in [-0.1, -0.05) is 73.5 Å². The average molecular weight is 603 g/mol. The number of benzene rings is 3. The predicted octanol–water partition coefficient (Wildman–Crippen LogP) is 6.54. The van der Waals surface area contributed by atoms with Gasteiger partial charge in [0.15, 0.2) is 0 Å². The molecule has 1 aromatic heterocycles. The number of phenolic OH excluding ortho intramolecular Hbond substituents is 1. The maximum absolute atomic E-state index is 13.8. The van der Waals surface area contributed by atoms with Crippen molar-refractivity contribution in [2.75, 3.05) is 11.5 Å². The Morgan fingerprint density at radius 3 is 2.40 bits per heavy atom. The largest absolute Gasteiger partial charge is 0.507 e. The summed E-state index contributed by atoms with van der Waals surface area (Å²) in [4.78, 5) is 33.3. The summed E-state index contributed by atoms with van der Waals surface area (Å²) >= 11 is 0. The van der Waals surface area contributed by atoms with Crippen LogP contribution >= 0.6 is 0 Å². The second-order valence-corrected chi connectivity index (χ2v) is 11.9. The van der Waals surface area contributed by atoms with Crippen LogP contribution in [0.25, 0.3) is 22.4 Å². The molecule has 0 spiro atoms. The summed E-state index contributed by atoms with van der Waals surface area (Å²) < 4.78 is 0. The maximum atomic E-state index is 13.8. The quantitative estimate of drug-likeness (QED) is 0.141. The fourth-order valence-corrected chi connectivity index (χ4v) is 7.22. The number of aromatic hydroxyl groups is 1. The van der Waals surface area contributed by atoms with Gasteiger partial charge >= 0.3 is 0 Å². The third-order valence-electron chi connectivity index (χ3n) is 9.25. The molecule has 1 saturated heterocycles. The first-order chi connectivity index (χ1) is 21.9. The Balaban J connectivity index is 1.33. The van der Waals surface area contributed by atoms with E-state index in [4.69, 9.17) is 0 Å². The lowest BCUT2D eigenvalue weighted by molar-refractivity contribution is -0.123. The maximum Gasteiger partial charge on any atom is 0.238 e. The Morgan fingerprint density at radius 1 is 0.956 bits per heavy atom. The van der Waals surface area contributed by atoms with Gasteiger partial charge in [0, 0.05) is 17.5 Å². The normalized spacial score (nSPS) is 21.0. The molecule has 3 N–H and O–H groups in total. The number of aliphatic hydroxyl groups excluding tert-OH is 2. The number of para-hydroxylation sites is 1. The van der Waals surface area contributed by atoms with Gasteiger partial charge in [-0.3, -0.25) is 19.5 Å². The minimum atomic E-state index is -0.915. The number of aliphatic hydroxyl groups is 2. The highest BCUT2D eigenvalue weighted by atomic mass is 16.3. The molecule has 3 aromatic carbocycles. The number of carbonyl (C=O) groups excluding carboxylic acids is 2. The number of aromatic nitrogens is 1. The minimum Gasteiger partial charge on any atom is -0.507 e. The fraction of sp³-hybridized carbons (Fsp3) is 0.289. The zero-order valence-electron chi connectivity index (χ0n) is 25.3. The first kappa shape index (κ1) is 30.4. The molecular weight excluding hydrogens is 564 g/mol. The number of fused-ring (bicyclic) bond motifs is 2. The monoisotopic (exact) mass is 602 g/mol. The molecule has 1 aliphatic heterocycles. The van der Waals surface area contributed by atoms with E-state index < -0.39 is 23.9 Å². The number of nitrogens with zero attached hydrogens (tertiary/aromatic N) is 2. The summed E-state index contributed by atoms with van der Waals surface area (Å²) in [6.07, 6.45) is 5.60. The van der Waals surface area contributed by atoms with Crippen LogP contribution in [-0.2, 0) is 9.59 Å². The van der Waals surface area contributed by atoms with Gasteiger partial charge in [-0.15, -0.1) is 0 Å². The molecule has 230 valence electrons. The molecule has 7 nitrogen and oxygen atoms in total. The van der Waals surface area contributed by atoms with E-state index >= 15 is 0 Å². The van der Waals surface area contributed by atoms with Crippen LogP contribution in [0.4, 0.5) is 5.69 Å². The molecule has 45 heavy (non-hydrogen) atoms. The number of carbonyl (C=O) groups is 2. The van der Waals surface area contributed by atoms with E-state index in [2.05, 4.69) is 18.0 Å². The van der Waals surface area contributed by atoms with E-state index in [-0.39, 0.29) is 24.2 Å². The fourth-order valence-electron chi connectivity index (χ4n) is 7.22. The molecule has 0 saturated carbocycles. The number of pyridine rings is 1. The summed E-state index contributed by atoms with van der Waals surface area (Å²) in [5.41, 5.74) is 4.82. The summed E-state index contributed by atoms with van der Waals surface area (Å²) in [6.45, 7) is 1.73. The summed E-state index contributed by atoms with van der Waals surface area (Å²) in [6, 6.07) is 25.9. The Bertz CT molecular complexity index is 1770. The van der Waals surface area contributed by atoms with Crippen molar-refractivity contribution in [1.82, 2.24) is 4.98 Å². The number of allylic oxidation sites excluding steroid dienone is 2. The highest BCUT2D eigenvalue weighted by molar-refractivity contribution is 6.22. The molecule has 1 fully saturated rings. The second-order valence-electron chi connectivity index (χ2n) is 11.9. The molecule has 2 heterocycles. The Morgan fingerprint density at radius 2 is 1.69 bits per heavy atom. The van der Waals surface area contributed by atoms with E-state index in [1.165, 1.54) is 4.90 Å². The van der Waals surface area contributed by atoms with Crippen molar-refractivity contribution in [3.05, 3.63) is 114 Å². The van der Waals surface area contributed by atoms with Crippen molar-refractivity contribution >= 4 is 39.9 Å². The van der Waals surface area contributed by atoms with Crippen LogP contribution in [0.3, 0.4) is 0 Å². The summed E-state index contributed by atoms with van der Waals surface area (Å²) in [5.74, 6) is -2.26. The van der Waals surface area contributed by atoms with E-state index in [9.17, 15) is 24.9 Å². The van der Waals surface area contributed by atoms with Crippen LogP contribution in [0.2, 0.25) is 0 Å².